The fourth-order valence-corrected chi connectivity index (χ4v) is 1.30. The SMILES string of the molecule is C[C@@H]1CCN[C@H](C(=O)O)C1. The second kappa shape index (κ2) is 3.01. The van der Waals surface area contributed by atoms with Crippen molar-refractivity contribution in [1.82, 2.24) is 5.32 Å². The quantitative estimate of drug-likeness (QED) is 0.560. The van der Waals surface area contributed by atoms with Gasteiger partial charge in [-0.15, -0.1) is 0 Å². The molecule has 2 atom stereocenters. The second-order valence-corrected chi connectivity index (χ2v) is 2.97. The maximum Gasteiger partial charge on any atom is 0.320 e. The van der Waals surface area contributed by atoms with Gasteiger partial charge in [0.15, 0.2) is 0 Å². The fraction of sp³-hybridized carbons (Fsp3) is 0.857. The molecule has 1 aliphatic heterocycles. The average molecular weight is 143 g/mol. The summed E-state index contributed by atoms with van der Waals surface area (Å²) in [6.45, 7) is 2.94. The number of nitrogens with one attached hydrogen (secondary N) is 1. The molecule has 3 heteroatoms. The third-order valence-corrected chi connectivity index (χ3v) is 1.96. The molecule has 2 N–H and O–H groups in total. The van der Waals surface area contributed by atoms with Crippen molar-refractivity contribution in [2.24, 2.45) is 5.92 Å². The van der Waals surface area contributed by atoms with Crippen LogP contribution in [0.1, 0.15) is 19.8 Å². The zero-order chi connectivity index (χ0) is 7.56. The molecule has 0 radical (unpaired) electrons. The molecule has 1 fully saturated rings. The lowest BCUT2D eigenvalue weighted by atomic mass is 9.94. The minimum Gasteiger partial charge on any atom is -0.480 e. The molecule has 58 valence electrons. The first-order valence-electron chi connectivity index (χ1n) is 3.66. The van der Waals surface area contributed by atoms with Crippen molar-refractivity contribution in [3.63, 3.8) is 0 Å². The van der Waals surface area contributed by atoms with Crippen LogP contribution in [0.4, 0.5) is 0 Å². The van der Waals surface area contributed by atoms with Gasteiger partial charge < -0.3 is 10.4 Å². The molecule has 0 bridgehead atoms. The Morgan fingerprint density at radius 3 is 2.80 bits per heavy atom. The van der Waals surface area contributed by atoms with Gasteiger partial charge in [-0.2, -0.15) is 0 Å². The topological polar surface area (TPSA) is 49.3 Å². The van der Waals surface area contributed by atoms with E-state index >= 15 is 0 Å². The first kappa shape index (κ1) is 7.54. The molecule has 0 unspecified atom stereocenters. The Kier molecular flexibility index (Phi) is 2.27. The van der Waals surface area contributed by atoms with E-state index in [-0.39, 0.29) is 6.04 Å². The van der Waals surface area contributed by atoms with Gasteiger partial charge in [-0.1, -0.05) is 6.92 Å². The molecule has 3 nitrogen and oxygen atoms in total. The molecule has 1 rings (SSSR count). The van der Waals surface area contributed by atoms with E-state index in [2.05, 4.69) is 12.2 Å². The molecule has 1 heterocycles. The predicted octanol–water partition coefficient (Wildman–Crippen LogP) is 0.459. The van der Waals surface area contributed by atoms with Crippen LogP contribution in [0.15, 0.2) is 0 Å². The summed E-state index contributed by atoms with van der Waals surface area (Å²) in [5.41, 5.74) is 0. The standard InChI is InChI=1S/C7H13NO2/c1-5-2-3-8-6(4-5)7(9)10/h5-6,8H,2-4H2,1H3,(H,9,10)/t5-,6+/m1/s1. The number of carboxylic acids is 1. The van der Waals surface area contributed by atoms with Gasteiger partial charge in [0.25, 0.3) is 0 Å². The number of hydrogen-bond donors (Lipinski definition) is 2. The van der Waals surface area contributed by atoms with Gasteiger partial charge in [-0.05, 0) is 25.3 Å². The van der Waals surface area contributed by atoms with Crippen LogP contribution in [0.2, 0.25) is 0 Å². The lowest BCUT2D eigenvalue weighted by Crippen LogP contribution is -2.42. The summed E-state index contributed by atoms with van der Waals surface area (Å²) >= 11 is 0. The van der Waals surface area contributed by atoms with Gasteiger partial charge >= 0.3 is 5.97 Å². The van der Waals surface area contributed by atoms with Gasteiger partial charge in [-0.25, -0.2) is 0 Å². The summed E-state index contributed by atoms with van der Waals surface area (Å²) in [6, 6.07) is -0.302. The Morgan fingerprint density at radius 2 is 2.40 bits per heavy atom. The minimum absolute atomic E-state index is 0.302. The molecular weight excluding hydrogens is 130 g/mol. The van der Waals surface area contributed by atoms with E-state index < -0.39 is 5.97 Å². The molecule has 0 aromatic heterocycles. The smallest absolute Gasteiger partial charge is 0.320 e. The zero-order valence-corrected chi connectivity index (χ0v) is 6.13. The van der Waals surface area contributed by atoms with E-state index in [4.69, 9.17) is 5.11 Å². The zero-order valence-electron chi connectivity index (χ0n) is 6.13. The average Bonchev–Trinajstić information content (AvgIpc) is 1.88. The maximum absolute atomic E-state index is 10.4. The number of carboxylic acid groups (broad SMARTS) is 1. The Bertz CT molecular complexity index is 136. The number of piperidine rings is 1. The van der Waals surface area contributed by atoms with E-state index in [1.165, 1.54) is 0 Å². The highest BCUT2D eigenvalue weighted by Gasteiger charge is 2.23. The monoisotopic (exact) mass is 143 g/mol. The molecule has 0 amide bonds. The fourth-order valence-electron chi connectivity index (χ4n) is 1.30. The highest BCUT2D eigenvalue weighted by atomic mass is 16.4. The van der Waals surface area contributed by atoms with Crippen molar-refractivity contribution in [2.75, 3.05) is 6.54 Å². The summed E-state index contributed by atoms with van der Waals surface area (Å²) < 4.78 is 0. The van der Waals surface area contributed by atoms with E-state index in [0.29, 0.717) is 5.92 Å². The van der Waals surface area contributed by atoms with Crippen LogP contribution in [0.3, 0.4) is 0 Å². The molecule has 0 aliphatic carbocycles. The summed E-state index contributed by atoms with van der Waals surface area (Å²) in [5, 5.41) is 11.5. The van der Waals surface area contributed by atoms with Crippen LogP contribution in [-0.4, -0.2) is 23.7 Å². The van der Waals surface area contributed by atoms with Crippen molar-refractivity contribution in [3.05, 3.63) is 0 Å². The van der Waals surface area contributed by atoms with Gasteiger partial charge in [0.1, 0.15) is 6.04 Å². The third kappa shape index (κ3) is 1.70. The first-order valence-corrected chi connectivity index (χ1v) is 3.66. The molecule has 1 aliphatic rings. The first-order chi connectivity index (χ1) is 4.70. The molecule has 0 aromatic carbocycles. The van der Waals surface area contributed by atoms with Crippen LogP contribution < -0.4 is 5.32 Å². The van der Waals surface area contributed by atoms with Gasteiger partial charge in [0.2, 0.25) is 0 Å². The van der Waals surface area contributed by atoms with Crippen LogP contribution in [0.5, 0.6) is 0 Å². The Balaban J connectivity index is 2.39. The number of carbonyl (C=O) groups is 1. The summed E-state index contributed by atoms with van der Waals surface area (Å²) in [5.74, 6) is -0.158. The predicted molar refractivity (Wildman–Crippen MR) is 37.8 cm³/mol. The van der Waals surface area contributed by atoms with Crippen molar-refractivity contribution in [3.8, 4) is 0 Å². The van der Waals surface area contributed by atoms with Gasteiger partial charge in [0.05, 0.1) is 0 Å². The lowest BCUT2D eigenvalue weighted by molar-refractivity contribution is -0.140. The highest BCUT2D eigenvalue weighted by molar-refractivity contribution is 5.73. The van der Waals surface area contributed by atoms with E-state index in [0.717, 1.165) is 19.4 Å². The van der Waals surface area contributed by atoms with Crippen molar-refractivity contribution < 1.29 is 9.90 Å². The van der Waals surface area contributed by atoms with Gasteiger partial charge in [-0.3, -0.25) is 4.79 Å². The Labute approximate surface area is 60.4 Å². The van der Waals surface area contributed by atoms with Crippen molar-refractivity contribution in [2.45, 2.75) is 25.8 Å². The van der Waals surface area contributed by atoms with E-state index in [9.17, 15) is 4.79 Å². The largest absolute Gasteiger partial charge is 0.480 e. The summed E-state index contributed by atoms with van der Waals surface area (Å²) in [6.07, 6.45) is 1.87. The molecule has 0 spiro atoms. The maximum atomic E-state index is 10.4. The molecule has 0 saturated carbocycles. The van der Waals surface area contributed by atoms with Crippen LogP contribution >= 0.6 is 0 Å². The van der Waals surface area contributed by atoms with E-state index in [1.807, 2.05) is 0 Å². The van der Waals surface area contributed by atoms with Crippen molar-refractivity contribution >= 4 is 5.97 Å². The number of hydrogen-bond acceptors (Lipinski definition) is 2. The molecule has 10 heavy (non-hydrogen) atoms. The lowest BCUT2D eigenvalue weighted by Gasteiger charge is -2.24. The third-order valence-electron chi connectivity index (χ3n) is 1.96. The molecule has 1 saturated heterocycles. The summed E-state index contributed by atoms with van der Waals surface area (Å²) in [7, 11) is 0. The normalized spacial score (nSPS) is 33.7. The van der Waals surface area contributed by atoms with Crippen LogP contribution in [0.25, 0.3) is 0 Å². The molecule has 0 aromatic rings. The van der Waals surface area contributed by atoms with Crippen LogP contribution in [0, 0.1) is 5.92 Å². The number of aliphatic carboxylic acids is 1. The van der Waals surface area contributed by atoms with Crippen molar-refractivity contribution in [1.29, 1.82) is 0 Å². The second-order valence-electron chi connectivity index (χ2n) is 2.97. The highest BCUT2D eigenvalue weighted by Crippen LogP contribution is 2.14. The Morgan fingerprint density at radius 1 is 1.70 bits per heavy atom. The molecular formula is C7H13NO2. The van der Waals surface area contributed by atoms with E-state index in [1.54, 1.807) is 0 Å². The minimum atomic E-state index is -0.716. The number of rotatable bonds is 1. The van der Waals surface area contributed by atoms with Crippen LogP contribution in [-0.2, 0) is 4.79 Å². The van der Waals surface area contributed by atoms with Gasteiger partial charge in [0, 0.05) is 0 Å². The Hall–Kier alpha value is -0.570. The summed E-state index contributed by atoms with van der Waals surface area (Å²) in [4.78, 5) is 10.4.